The molecule has 0 saturated heterocycles. The second-order valence-corrected chi connectivity index (χ2v) is 7.70. The maximum absolute atomic E-state index is 12.4. The largest absolute Gasteiger partial charge is 0.342 e. The molecule has 1 aromatic carbocycles. The minimum atomic E-state index is -0.325. The summed E-state index contributed by atoms with van der Waals surface area (Å²) in [6.07, 6.45) is 1.68. The number of carbonyl (C=O) groups is 2. The quantitative estimate of drug-likeness (QED) is 0.623. The Morgan fingerprint density at radius 2 is 2.00 bits per heavy atom. The van der Waals surface area contributed by atoms with Gasteiger partial charge in [0.25, 0.3) is 5.91 Å². The Hall–Kier alpha value is -2.58. The monoisotopic (exact) mass is 444 g/mol. The highest BCUT2D eigenvalue weighted by molar-refractivity contribution is 9.10. The molecule has 0 saturated carbocycles. The third-order valence-electron chi connectivity index (χ3n) is 3.74. The van der Waals surface area contributed by atoms with E-state index >= 15 is 0 Å². The van der Waals surface area contributed by atoms with Crippen molar-refractivity contribution in [3.8, 4) is 10.7 Å². The minimum absolute atomic E-state index is 0.121. The number of hydrogen-bond donors (Lipinski definition) is 2. The van der Waals surface area contributed by atoms with Gasteiger partial charge in [-0.25, -0.2) is 4.98 Å². The normalized spacial score (nSPS) is 10.5. The van der Waals surface area contributed by atoms with Gasteiger partial charge in [-0.2, -0.15) is 0 Å². The maximum atomic E-state index is 12.4. The van der Waals surface area contributed by atoms with Gasteiger partial charge in [-0.15, -0.1) is 11.3 Å². The Morgan fingerprint density at radius 1 is 1.19 bits per heavy atom. The summed E-state index contributed by atoms with van der Waals surface area (Å²) in [7, 11) is 0. The lowest BCUT2D eigenvalue weighted by atomic mass is 10.2. The molecule has 0 atom stereocenters. The van der Waals surface area contributed by atoms with Crippen LogP contribution in [-0.4, -0.2) is 28.3 Å². The van der Waals surface area contributed by atoms with Crippen LogP contribution < -0.4 is 10.6 Å². The molecule has 2 aromatic heterocycles. The number of thiazole rings is 1. The van der Waals surface area contributed by atoms with E-state index in [2.05, 4.69) is 36.5 Å². The number of nitrogens with one attached hydrogen (secondary N) is 2. The summed E-state index contributed by atoms with van der Waals surface area (Å²) in [5.41, 5.74) is 3.02. The van der Waals surface area contributed by atoms with E-state index in [1.54, 1.807) is 19.2 Å². The number of anilines is 1. The zero-order valence-electron chi connectivity index (χ0n) is 14.7. The fraction of sp³-hybridized carbons (Fsp3) is 0.158. The SMILES string of the molecule is Cc1cc(NC(=O)CNC(=O)c2sc(-c3ccccn3)nc2C)ccc1Br. The number of aryl methyl sites for hydroxylation is 2. The van der Waals surface area contributed by atoms with Gasteiger partial charge in [0.05, 0.1) is 17.9 Å². The van der Waals surface area contributed by atoms with Crippen molar-refractivity contribution in [1.29, 1.82) is 0 Å². The predicted molar refractivity (Wildman–Crippen MR) is 110 cm³/mol. The Kier molecular flexibility index (Phi) is 5.98. The van der Waals surface area contributed by atoms with E-state index in [9.17, 15) is 9.59 Å². The number of aromatic nitrogens is 2. The van der Waals surface area contributed by atoms with Crippen molar-refractivity contribution < 1.29 is 9.59 Å². The summed E-state index contributed by atoms with van der Waals surface area (Å²) in [5, 5.41) is 6.08. The maximum Gasteiger partial charge on any atom is 0.263 e. The van der Waals surface area contributed by atoms with Crippen LogP contribution in [0.15, 0.2) is 47.1 Å². The van der Waals surface area contributed by atoms with Crippen molar-refractivity contribution in [2.45, 2.75) is 13.8 Å². The fourth-order valence-electron chi connectivity index (χ4n) is 2.37. The molecular formula is C19H17BrN4O2S. The van der Waals surface area contributed by atoms with E-state index < -0.39 is 0 Å². The van der Waals surface area contributed by atoms with Crippen LogP contribution in [0.3, 0.4) is 0 Å². The van der Waals surface area contributed by atoms with Crippen molar-refractivity contribution in [3.05, 3.63) is 63.2 Å². The number of amides is 2. The van der Waals surface area contributed by atoms with Crippen LogP contribution in [0.5, 0.6) is 0 Å². The van der Waals surface area contributed by atoms with Crippen LogP contribution >= 0.6 is 27.3 Å². The molecule has 0 bridgehead atoms. The van der Waals surface area contributed by atoms with Gasteiger partial charge < -0.3 is 10.6 Å². The van der Waals surface area contributed by atoms with Crippen molar-refractivity contribution in [1.82, 2.24) is 15.3 Å². The van der Waals surface area contributed by atoms with E-state index in [1.807, 2.05) is 37.3 Å². The highest BCUT2D eigenvalue weighted by atomic mass is 79.9. The molecule has 0 aliphatic heterocycles. The Bertz CT molecular complexity index is 989. The lowest BCUT2D eigenvalue weighted by molar-refractivity contribution is -0.115. The summed E-state index contributed by atoms with van der Waals surface area (Å²) >= 11 is 4.68. The van der Waals surface area contributed by atoms with Crippen molar-refractivity contribution in [3.63, 3.8) is 0 Å². The van der Waals surface area contributed by atoms with Gasteiger partial charge in [-0.3, -0.25) is 14.6 Å². The lowest BCUT2D eigenvalue weighted by Crippen LogP contribution is -2.32. The van der Waals surface area contributed by atoms with E-state index in [1.165, 1.54) is 11.3 Å². The molecule has 3 aromatic rings. The first-order valence-corrected chi connectivity index (χ1v) is 9.78. The molecule has 2 N–H and O–H groups in total. The van der Waals surface area contributed by atoms with Crippen LogP contribution in [0.4, 0.5) is 5.69 Å². The first kappa shape index (κ1) is 19.2. The van der Waals surface area contributed by atoms with Crippen LogP contribution in [-0.2, 0) is 4.79 Å². The highest BCUT2D eigenvalue weighted by Crippen LogP contribution is 2.26. The van der Waals surface area contributed by atoms with Gasteiger partial charge in [0.2, 0.25) is 5.91 Å². The average molecular weight is 445 g/mol. The van der Waals surface area contributed by atoms with E-state index in [0.717, 1.165) is 10.0 Å². The molecule has 2 amide bonds. The first-order chi connectivity index (χ1) is 12.9. The van der Waals surface area contributed by atoms with Crippen LogP contribution in [0.25, 0.3) is 10.7 Å². The predicted octanol–water partition coefficient (Wildman–Crippen LogP) is 3.95. The van der Waals surface area contributed by atoms with Gasteiger partial charge in [0.1, 0.15) is 9.88 Å². The Labute approximate surface area is 169 Å². The molecule has 0 spiro atoms. The molecule has 0 aliphatic carbocycles. The van der Waals surface area contributed by atoms with Gasteiger partial charge in [0.15, 0.2) is 0 Å². The van der Waals surface area contributed by atoms with Gasteiger partial charge in [0, 0.05) is 16.4 Å². The number of benzene rings is 1. The number of carbonyl (C=O) groups excluding carboxylic acids is 2. The summed E-state index contributed by atoms with van der Waals surface area (Å²) in [5.74, 6) is -0.619. The van der Waals surface area contributed by atoms with Gasteiger partial charge >= 0.3 is 0 Å². The van der Waals surface area contributed by atoms with Gasteiger partial charge in [-0.05, 0) is 49.7 Å². The Balaban J connectivity index is 1.61. The molecule has 0 aliphatic rings. The van der Waals surface area contributed by atoms with Crippen LogP contribution in [0.2, 0.25) is 0 Å². The Morgan fingerprint density at radius 3 is 2.70 bits per heavy atom. The highest BCUT2D eigenvalue weighted by Gasteiger charge is 2.17. The smallest absolute Gasteiger partial charge is 0.263 e. The molecule has 0 fully saturated rings. The molecular weight excluding hydrogens is 428 g/mol. The van der Waals surface area contributed by atoms with Crippen LogP contribution in [0, 0.1) is 13.8 Å². The number of rotatable bonds is 5. The number of nitrogens with zero attached hydrogens (tertiary/aromatic N) is 2. The average Bonchev–Trinajstić information content (AvgIpc) is 3.05. The molecule has 8 heteroatoms. The molecule has 6 nitrogen and oxygen atoms in total. The second-order valence-electron chi connectivity index (χ2n) is 5.84. The van der Waals surface area contributed by atoms with Crippen molar-refractivity contribution >= 4 is 44.8 Å². The van der Waals surface area contributed by atoms with E-state index in [4.69, 9.17) is 0 Å². The standard InChI is InChI=1S/C19H17BrN4O2S/c1-11-9-13(6-7-14(11)20)24-16(25)10-22-18(26)17-12(2)23-19(27-17)15-5-3-4-8-21-15/h3-9H,10H2,1-2H3,(H,22,26)(H,24,25). The second kappa shape index (κ2) is 8.41. The molecule has 0 radical (unpaired) electrons. The van der Waals surface area contributed by atoms with Gasteiger partial charge in [-0.1, -0.05) is 22.0 Å². The van der Waals surface area contributed by atoms with Crippen LogP contribution in [0.1, 0.15) is 20.9 Å². The lowest BCUT2D eigenvalue weighted by Gasteiger charge is -2.08. The number of halogens is 1. The summed E-state index contributed by atoms with van der Waals surface area (Å²) < 4.78 is 0.971. The molecule has 2 heterocycles. The topological polar surface area (TPSA) is 84.0 Å². The minimum Gasteiger partial charge on any atom is -0.342 e. The fourth-order valence-corrected chi connectivity index (χ4v) is 3.58. The van der Waals surface area contributed by atoms with E-state index in [-0.39, 0.29) is 18.4 Å². The zero-order chi connectivity index (χ0) is 19.4. The zero-order valence-corrected chi connectivity index (χ0v) is 17.1. The molecule has 0 unspecified atom stereocenters. The summed E-state index contributed by atoms with van der Waals surface area (Å²) in [6.45, 7) is 3.58. The number of pyridine rings is 1. The molecule has 138 valence electrons. The van der Waals surface area contributed by atoms with E-state index in [0.29, 0.717) is 27.0 Å². The molecule has 3 rings (SSSR count). The summed E-state index contributed by atoms with van der Waals surface area (Å²) in [4.78, 5) is 33.6. The third-order valence-corrected chi connectivity index (χ3v) is 5.81. The van der Waals surface area contributed by atoms with Crippen molar-refractivity contribution in [2.75, 3.05) is 11.9 Å². The molecule has 27 heavy (non-hydrogen) atoms. The summed E-state index contributed by atoms with van der Waals surface area (Å²) in [6, 6.07) is 11.0. The number of hydrogen-bond acceptors (Lipinski definition) is 5. The third kappa shape index (κ3) is 4.78. The first-order valence-electron chi connectivity index (χ1n) is 8.17. The van der Waals surface area contributed by atoms with Crippen molar-refractivity contribution in [2.24, 2.45) is 0 Å².